The number of amides is 4. The van der Waals surface area contributed by atoms with Crippen molar-refractivity contribution in [1.29, 1.82) is 5.41 Å². The molecule has 0 saturated carbocycles. The molecule has 0 aromatic heterocycles. The van der Waals surface area contributed by atoms with Crippen LogP contribution in [-0.2, 0) is 19.6 Å². The number of benzene rings is 2. The lowest BCUT2D eigenvalue weighted by atomic mass is 10.2. The number of hydrazine groups is 1. The Morgan fingerprint density at radius 3 is 2.46 bits per heavy atom. The molecular weight excluding hydrogens is 532 g/mol. The first kappa shape index (κ1) is 28.9. The normalized spacial score (nSPS) is 15.9. The highest BCUT2D eigenvalue weighted by atomic mass is 32.2. The molecular formula is C23H28N8O7S. The topological polar surface area (TPSA) is 236 Å². The molecule has 39 heavy (non-hydrogen) atoms. The zero-order valence-electron chi connectivity index (χ0n) is 20.5. The number of nitrogens with zero attached hydrogens (tertiary/aromatic N) is 1. The maximum absolute atomic E-state index is 13.0. The number of rotatable bonds is 9. The van der Waals surface area contributed by atoms with Gasteiger partial charge in [-0.15, -0.1) is 0 Å². The summed E-state index contributed by atoms with van der Waals surface area (Å²) in [6.07, 6.45) is 0.614. The Kier molecular flexibility index (Phi) is 9.40. The van der Waals surface area contributed by atoms with E-state index >= 15 is 0 Å². The molecule has 16 heteroatoms. The number of hydrogen-bond donors (Lipinski definition) is 8. The number of carboxylic acid groups (broad SMARTS) is 1. The molecule has 1 unspecified atom stereocenters. The van der Waals surface area contributed by atoms with Gasteiger partial charge in [0, 0.05) is 17.8 Å². The number of anilines is 1. The number of carboxylic acids is 1. The zero-order valence-corrected chi connectivity index (χ0v) is 21.3. The Hall–Kier alpha value is -4.70. The van der Waals surface area contributed by atoms with Crippen LogP contribution in [0.5, 0.6) is 0 Å². The summed E-state index contributed by atoms with van der Waals surface area (Å²) in [6.45, 7) is -0.458. The second-order valence-corrected chi connectivity index (χ2v) is 10.3. The first-order valence-electron chi connectivity index (χ1n) is 11.6. The van der Waals surface area contributed by atoms with Crippen LogP contribution >= 0.6 is 0 Å². The van der Waals surface area contributed by atoms with Gasteiger partial charge in [-0.3, -0.25) is 20.4 Å². The molecule has 1 aliphatic rings. The van der Waals surface area contributed by atoms with Gasteiger partial charge in [-0.25, -0.2) is 23.4 Å². The van der Waals surface area contributed by atoms with E-state index in [-0.39, 0.29) is 29.4 Å². The highest BCUT2D eigenvalue weighted by Gasteiger charge is 2.40. The highest BCUT2D eigenvalue weighted by Crippen LogP contribution is 2.26. The number of nitrogens with two attached hydrogens (primary N) is 1. The van der Waals surface area contributed by atoms with Crippen LogP contribution in [0.1, 0.15) is 23.2 Å². The maximum Gasteiger partial charge on any atom is 0.333 e. The number of guanidine groups is 1. The predicted octanol–water partition coefficient (Wildman–Crippen LogP) is -0.641. The molecule has 0 aliphatic carbocycles. The predicted molar refractivity (Wildman–Crippen MR) is 139 cm³/mol. The molecule has 2 aromatic rings. The monoisotopic (exact) mass is 560 g/mol. The fraction of sp³-hybridized carbons (Fsp3) is 0.261. The van der Waals surface area contributed by atoms with Crippen molar-refractivity contribution in [2.75, 3.05) is 18.4 Å². The van der Waals surface area contributed by atoms with Crippen molar-refractivity contribution >= 4 is 45.5 Å². The van der Waals surface area contributed by atoms with Crippen LogP contribution in [0.25, 0.3) is 0 Å². The average Bonchev–Trinajstić information content (AvgIpc) is 3.41. The smallest absolute Gasteiger partial charge is 0.333 e. The molecule has 1 saturated heterocycles. The minimum Gasteiger partial charge on any atom is -0.480 e. The SMILES string of the molecule is N=C(N)Nc1cccc(C(=O)NNC(=O)NCC(NC(=O)[C@@H]2CCCN2S(=O)(=O)c2ccccc2)C(=O)O)c1. The molecule has 9 N–H and O–H groups in total. The van der Waals surface area contributed by atoms with E-state index in [9.17, 15) is 32.7 Å². The zero-order chi connectivity index (χ0) is 28.6. The summed E-state index contributed by atoms with van der Waals surface area (Å²) in [5, 5.41) is 23.8. The van der Waals surface area contributed by atoms with Gasteiger partial charge >= 0.3 is 12.0 Å². The number of carbonyl (C=O) groups excluding carboxylic acids is 3. The van der Waals surface area contributed by atoms with Crippen molar-refractivity contribution in [2.45, 2.75) is 29.8 Å². The number of nitrogens with one attached hydrogen (secondary N) is 6. The third-order valence-corrected chi connectivity index (χ3v) is 7.55. The third-order valence-electron chi connectivity index (χ3n) is 5.63. The van der Waals surface area contributed by atoms with Gasteiger partial charge in [0.15, 0.2) is 5.96 Å². The van der Waals surface area contributed by atoms with Crippen LogP contribution in [0.2, 0.25) is 0 Å². The van der Waals surface area contributed by atoms with Gasteiger partial charge in [0.25, 0.3) is 5.91 Å². The van der Waals surface area contributed by atoms with Crippen molar-refractivity contribution in [3.05, 3.63) is 60.2 Å². The number of sulfonamides is 1. The molecule has 2 atom stereocenters. The molecule has 1 heterocycles. The summed E-state index contributed by atoms with van der Waals surface area (Å²) in [4.78, 5) is 49.0. The van der Waals surface area contributed by atoms with Gasteiger partial charge in [-0.1, -0.05) is 24.3 Å². The maximum atomic E-state index is 13.0. The lowest BCUT2D eigenvalue weighted by molar-refractivity contribution is -0.142. The first-order chi connectivity index (χ1) is 18.5. The number of carbonyl (C=O) groups is 4. The molecule has 0 radical (unpaired) electrons. The summed E-state index contributed by atoms with van der Waals surface area (Å²) < 4.78 is 27.0. The van der Waals surface area contributed by atoms with Crippen molar-refractivity contribution in [3.63, 3.8) is 0 Å². The van der Waals surface area contributed by atoms with Gasteiger partial charge < -0.3 is 26.8 Å². The number of hydrogen-bond acceptors (Lipinski definition) is 7. The van der Waals surface area contributed by atoms with E-state index in [2.05, 4.69) is 26.8 Å². The molecule has 0 spiro atoms. The lowest BCUT2D eigenvalue weighted by Gasteiger charge is -2.25. The quantitative estimate of drug-likeness (QED) is 0.110. The van der Waals surface area contributed by atoms with Crippen LogP contribution in [-0.4, -0.2) is 72.8 Å². The largest absolute Gasteiger partial charge is 0.480 e. The third kappa shape index (κ3) is 7.65. The van der Waals surface area contributed by atoms with Gasteiger partial charge in [0.2, 0.25) is 15.9 Å². The number of urea groups is 1. The van der Waals surface area contributed by atoms with E-state index in [0.717, 1.165) is 4.31 Å². The summed E-state index contributed by atoms with van der Waals surface area (Å²) in [7, 11) is -3.98. The second-order valence-electron chi connectivity index (χ2n) is 8.39. The molecule has 1 aliphatic heterocycles. The van der Waals surface area contributed by atoms with E-state index in [1.807, 2.05) is 0 Å². The van der Waals surface area contributed by atoms with E-state index in [4.69, 9.17) is 11.1 Å². The van der Waals surface area contributed by atoms with Crippen molar-refractivity contribution in [1.82, 2.24) is 25.8 Å². The molecule has 0 bridgehead atoms. The average molecular weight is 561 g/mol. The van der Waals surface area contributed by atoms with Crippen LogP contribution in [0.15, 0.2) is 59.5 Å². The summed E-state index contributed by atoms with van der Waals surface area (Å²) >= 11 is 0. The van der Waals surface area contributed by atoms with Gasteiger partial charge in [0.05, 0.1) is 11.4 Å². The van der Waals surface area contributed by atoms with Gasteiger partial charge in [0.1, 0.15) is 12.1 Å². The van der Waals surface area contributed by atoms with Crippen LogP contribution in [0.3, 0.4) is 0 Å². The van der Waals surface area contributed by atoms with Crippen LogP contribution in [0.4, 0.5) is 10.5 Å². The van der Waals surface area contributed by atoms with Crippen LogP contribution in [0, 0.1) is 5.41 Å². The Morgan fingerprint density at radius 2 is 1.79 bits per heavy atom. The van der Waals surface area contributed by atoms with Gasteiger partial charge in [-0.05, 0) is 43.2 Å². The molecule has 4 amide bonds. The van der Waals surface area contributed by atoms with E-state index in [1.54, 1.807) is 24.3 Å². The Balaban J connectivity index is 1.54. The fourth-order valence-corrected chi connectivity index (χ4v) is 5.48. The minimum atomic E-state index is -3.98. The van der Waals surface area contributed by atoms with Gasteiger partial charge in [-0.2, -0.15) is 4.31 Å². The summed E-state index contributed by atoms with van der Waals surface area (Å²) in [5.41, 5.74) is 9.95. The molecule has 3 rings (SSSR count). The Morgan fingerprint density at radius 1 is 1.08 bits per heavy atom. The standard InChI is InChI=1S/C23H28N8O7S/c24-22(25)27-15-7-4-6-14(12-15)19(32)29-30-23(36)26-13-17(21(34)35)28-20(33)18-10-5-11-31(18)39(37,38)16-8-2-1-3-9-16/h1-4,6-9,12,17-18H,5,10-11,13H2,(H,28,33)(H,29,32)(H,34,35)(H4,24,25,27)(H2,26,30,36)/t17?,18-/m0/s1. The highest BCUT2D eigenvalue weighted by molar-refractivity contribution is 7.89. The minimum absolute atomic E-state index is 0.0155. The van der Waals surface area contributed by atoms with Crippen molar-refractivity contribution in [3.8, 4) is 0 Å². The Bertz CT molecular complexity index is 1350. The Labute approximate surface area is 223 Å². The van der Waals surface area contributed by atoms with Crippen molar-refractivity contribution < 1.29 is 32.7 Å². The van der Waals surface area contributed by atoms with E-state index in [0.29, 0.717) is 12.1 Å². The van der Waals surface area contributed by atoms with E-state index in [1.165, 1.54) is 30.3 Å². The molecule has 15 nitrogen and oxygen atoms in total. The van der Waals surface area contributed by atoms with E-state index < -0.39 is 52.5 Å². The second kappa shape index (κ2) is 12.7. The lowest BCUT2D eigenvalue weighted by Crippen LogP contribution is -2.56. The first-order valence-corrected chi connectivity index (χ1v) is 13.1. The summed E-state index contributed by atoms with van der Waals surface area (Å²) in [5.74, 6) is -3.31. The molecule has 2 aromatic carbocycles. The fourth-order valence-electron chi connectivity index (χ4n) is 3.80. The molecule has 208 valence electrons. The molecule has 1 fully saturated rings. The summed E-state index contributed by atoms with van der Waals surface area (Å²) in [6, 6.07) is 9.86. The van der Waals surface area contributed by atoms with Crippen molar-refractivity contribution in [2.24, 2.45) is 5.73 Å². The number of aliphatic carboxylic acids is 1. The van der Waals surface area contributed by atoms with Crippen LogP contribution < -0.4 is 32.5 Å².